The highest BCUT2D eigenvalue weighted by molar-refractivity contribution is 5.83. The van der Waals surface area contributed by atoms with Gasteiger partial charge in [-0.15, -0.1) is 0 Å². The Morgan fingerprint density at radius 1 is 1.48 bits per heavy atom. The second kappa shape index (κ2) is 6.06. The van der Waals surface area contributed by atoms with Gasteiger partial charge < -0.3 is 16.0 Å². The summed E-state index contributed by atoms with van der Waals surface area (Å²) < 4.78 is 0. The monoisotopic (exact) mass is 289 g/mol. The molecule has 1 aliphatic heterocycles. The second-order valence-corrected chi connectivity index (χ2v) is 6.63. The molecule has 1 aliphatic rings. The first kappa shape index (κ1) is 15.8. The van der Waals surface area contributed by atoms with Crippen molar-refractivity contribution >= 4 is 11.6 Å². The summed E-state index contributed by atoms with van der Waals surface area (Å²) >= 11 is 0. The number of hydrogen-bond donors (Lipinski definition) is 2. The van der Waals surface area contributed by atoms with Crippen LogP contribution in [0.3, 0.4) is 0 Å². The average Bonchev–Trinajstić information content (AvgIpc) is 2.80. The van der Waals surface area contributed by atoms with Gasteiger partial charge in [0.2, 0.25) is 5.91 Å². The molecule has 1 aromatic rings. The van der Waals surface area contributed by atoms with E-state index < -0.39 is 0 Å². The van der Waals surface area contributed by atoms with Crippen LogP contribution in [0.2, 0.25) is 0 Å². The number of rotatable bonds is 5. The third kappa shape index (κ3) is 3.76. The van der Waals surface area contributed by atoms with Crippen LogP contribution in [0.25, 0.3) is 0 Å². The van der Waals surface area contributed by atoms with Gasteiger partial charge in [-0.2, -0.15) is 0 Å². The Morgan fingerprint density at radius 2 is 2.19 bits per heavy atom. The summed E-state index contributed by atoms with van der Waals surface area (Å²) in [4.78, 5) is 14.3. The summed E-state index contributed by atoms with van der Waals surface area (Å²) in [6.07, 6.45) is 1.91. The van der Waals surface area contributed by atoms with E-state index in [9.17, 15) is 4.79 Å². The number of nitrogens with two attached hydrogens (primary N) is 1. The van der Waals surface area contributed by atoms with Crippen molar-refractivity contribution in [3.8, 4) is 0 Å². The molecule has 21 heavy (non-hydrogen) atoms. The molecule has 4 nitrogen and oxygen atoms in total. The van der Waals surface area contributed by atoms with Crippen LogP contribution in [0.1, 0.15) is 51.3 Å². The molecule has 0 aliphatic carbocycles. The quantitative estimate of drug-likeness (QED) is 0.875. The average molecular weight is 289 g/mol. The van der Waals surface area contributed by atoms with Gasteiger partial charge >= 0.3 is 0 Å². The predicted molar refractivity (Wildman–Crippen MR) is 87.5 cm³/mol. The second-order valence-electron chi connectivity index (χ2n) is 6.63. The van der Waals surface area contributed by atoms with Crippen molar-refractivity contribution in [1.82, 2.24) is 5.32 Å². The van der Waals surface area contributed by atoms with E-state index in [-0.39, 0.29) is 17.5 Å². The Balaban J connectivity index is 2.04. The lowest BCUT2D eigenvalue weighted by Gasteiger charge is -2.27. The van der Waals surface area contributed by atoms with Crippen molar-refractivity contribution in [2.24, 2.45) is 5.73 Å². The minimum absolute atomic E-state index is 0.0537. The molecule has 1 unspecified atom stereocenters. The number of fused-ring (bicyclic) bond motifs is 1. The Bertz CT molecular complexity index is 523. The molecular formula is C17H27N3O. The summed E-state index contributed by atoms with van der Waals surface area (Å²) in [6, 6.07) is 6.39. The number of carbonyl (C=O) groups excluding carboxylic acids is 1. The number of benzene rings is 1. The molecule has 1 atom stereocenters. The summed E-state index contributed by atoms with van der Waals surface area (Å²) in [6.45, 7) is 9.51. The van der Waals surface area contributed by atoms with Crippen molar-refractivity contribution < 1.29 is 4.79 Å². The molecule has 4 heteroatoms. The molecule has 0 saturated heterocycles. The Morgan fingerprint density at radius 3 is 2.81 bits per heavy atom. The molecule has 0 radical (unpaired) electrons. The normalized spacial score (nSPS) is 15.8. The zero-order valence-corrected chi connectivity index (χ0v) is 13.6. The first-order valence-electron chi connectivity index (χ1n) is 7.77. The summed E-state index contributed by atoms with van der Waals surface area (Å²) in [5, 5.41) is 3.09. The Labute approximate surface area is 127 Å². The smallest absolute Gasteiger partial charge is 0.239 e. The fourth-order valence-electron chi connectivity index (χ4n) is 2.62. The number of carbonyl (C=O) groups is 1. The molecule has 1 amide bonds. The topological polar surface area (TPSA) is 58.4 Å². The zero-order chi connectivity index (χ0) is 15.6. The van der Waals surface area contributed by atoms with E-state index in [1.165, 1.54) is 11.3 Å². The van der Waals surface area contributed by atoms with Gasteiger partial charge in [-0.3, -0.25) is 4.79 Å². The van der Waals surface area contributed by atoms with Crippen molar-refractivity contribution in [1.29, 1.82) is 0 Å². The van der Waals surface area contributed by atoms with E-state index in [0.717, 1.165) is 24.9 Å². The van der Waals surface area contributed by atoms with E-state index in [1.807, 2.05) is 6.92 Å². The fraction of sp³-hybridized carbons (Fsp3) is 0.588. The maximum atomic E-state index is 12.2. The number of nitrogens with zero attached hydrogens (tertiary/aromatic N) is 1. The van der Waals surface area contributed by atoms with Gasteiger partial charge in [0.25, 0.3) is 0 Å². The highest BCUT2D eigenvalue weighted by Crippen LogP contribution is 2.29. The standard InChI is InChI=1S/C17H27N3O/c1-5-17(3,4)19-16(21)11-20-9-8-14-10-13(12(2)18)6-7-15(14)20/h6-7,10,12H,5,8-9,11,18H2,1-4H3,(H,19,21). The summed E-state index contributed by atoms with van der Waals surface area (Å²) in [5.41, 5.74) is 9.42. The third-order valence-corrected chi connectivity index (χ3v) is 4.32. The van der Waals surface area contributed by atoms with Gasteiger partial charge in [0.15, 0.2) is 0 Å². The predicted octanol–water partition coefficient (Wildman–Crippen LogP) is 2.37. The number of nitrogens with one attached hydrogen (secondary N) is 1. The highest BCUT2D eigenvalue weighted by atomic mass is 16.2. The van der Waals surface area contributed by atoms with E-state index in [4.69, 9.17) is 5.73 Å². The van der Waals surface area contributed by atoms with E-state index in [0.29, 0.717) is 6.54 Å². The minimum atomic E-state index is -0.140. The molecule has 0 fully saturated rings. The Hall–Kier alpha value is -1.55. The Kier molecular flexibility index (Phi) is 4.57. The fourth-order valence-corrected chi connectivity index (χ4v) is 2.62. The maximum Gasteiger partial charge on any atom is 0.239 e. The van der Waals surface area contributed by atoms with Crippen LogP contribution in [-0.2, 0) is 11.2 Å². The van der Waals surface area contributed by atoms with Gasteiger partial charge in [0.05, 0.1) is 6.54 Å². The van der Waals surface area contributed by atoms with Crippen LogP contribution in [0.4, 0.5) is 5.69 Å². The first-order valence-corrected chi connectivity index (χ1v) is 7.77. The van der Waals surface area contributed by atoms with Crippen LogP contribution in [0, 0.1) is 0 Å². The number of amides is 1. The lowest BCUT2D eigenvalue weighted by molar-refractivity contribution is -0.121. The van der Waals surface area contributed by atoms with Crippen molar-refractivity contribution in [3.63, 3.8) is 0 Å². The minimum Gasteiger partial charge on any atom is -0.362 e. The third-order valence-electron chi connectivity index (χ3n) is 4.32. The molecule has 3 N–H and O–H groups in total. The highest BCUT2D eigenvalue weighted by Gasteiger charge is 2.24. The lowest BCUT2D eigenvalue weighted by Crippen LogP contribution is -2.47. The van der Waals surface area contributed by atoms with E-state index in [2.05, 4.69) is 49.2 Å². The molecule has 0 aromatic heterocycles. The zero-order valence-electron chi connectivity index (χ0n) is 13.6. The van der Waals surface area contributed by atoms with Gasteiger partial charge in [-0.1, -0.05) is 19.1 Å². The molecule has 0 bridgehead atoms. The van der Waals surface area contributed by atoms with Crippen LogP contribution in [0.15, 0.2) is 18.2 Å². The number of hydrogen-bond acceptors (Lipinski definition) is 3. The molecule has 0 saturated carbocycles. The van der Waals surface area contributed by atoms with Crippen LogP contribution in [0.5, 0.6) is 0 Å². The van der Waals surface area contributed by atoms with E-state index >= 15 is 0 Å². The van der Waals surface area contributed by atoms with E-state index in [1.54, 1.807) is 0 Å². The van der Waals surface area contributed by atoms with Gasteiger partial charge in [0.1, 0.15) is 0 Å². The lowest BCUT2D eigenvalue weighted by atomic mass is 10.0. The summed E-state index contributed by atoms with van der Waals surface area (Å²) in [7, 11) is 0. The van der Waals surface area contributed by atoms with Crippen molar-refractivity contribution in [3.05, 3.63) is 29.3 Å². The van der Waals surface area contributed by atoms with Gasteiger partial charge in [-0.05, 0) is 50.8 Å². The van der Waals surface area contributed by atoms with Crippen LogP contribution in [-0.4, -0.2) is 24.5 Å². The first-order chi connectivity index (χ1) is 9.82. The van der Waals surface area contributed by atoms with Crippen LogP contribution < -0.4 is 16.0 Å². The summed E-state index contributed by atoms with van der Waals surface area (Å²) in [5.74, 6) is 0.0889. The SMILES string of the molecule is CCC(C)(C)NC(=O)CN1CCc2cc(C(C)N)ccc21. The van der Waals surface area contributed by atoms with Crippen molar-refractivity contribution in [2.75, 3.05) is 18.0 Å². The van der Waals surface area contributed by atoms with Gasteiger partial charge in [0, 0.05) is 23.8 Å². The molecule has 1 heterocycles. The number of anilines is 1. The maximum absolute atomic E-state index is 12.2. The van der Waals surface area contributed by atoms with Gasteiger partial charge in [-0.25, -0.2) is 0 Å². The molecule has 2 rings (SSSR count). The van der Waals surface area contributed by atoms with Crippen molar-refractivity contribution in [2.45, 2.75) is 52.1 Å². The van der Waals surface area contributed by atoms with Crippen LogP contribution >= 0.6 is 0 Å². The molecule has 0 spiro atoms. The molecule has 116 valence electrons. The molecular weight excluding hydrogens is 262 g/mol. The largest absolute Gasteiger partial charge is 0.362 e. The molecule has 1 aromatic carbocycles.